The summed E-state index contributed by atoms with van der Waals surface area (Å²) in [5.74, 6) is 0.0157. The van der Waals surface area contributed by atoms with Crippen molar-refractivity contribution in [3.8, 4) is 0 Å². The Labute approximate surface area is 141 Å². The molecule has 0 spiro atoms. The Kier molecular flexibility index (Phi) is 5.91. The molecule has 2 rings (SSSR count). The van der Waals surface area contributed by atoms with E-state index >= 15 is 0 Å². The van der Waals surface area contributed by atoms with Crippen LogP contribution in [0, 0.1) is 0 Å². The van der Waals surface area contributed by atoms with Crippen molar-refractivity contribution < 1.29 is 18.0 Å². The number of hydrogen-bond acceptors (Lipinski definition) is 3. The Morgan fingerprint density at radius 2 is 1.87 bits per heavy atom. The fourth-order valence-electron chi connectivity index (χ4n) is 2.62. The molecule has 1 aliphatic heterocycles. The molecule has 1 amide bonds. The lowest BCUT2D eigenvalue weighted by Gasteiger charge is -2.37. The molecule has 1 aromatic rings. The minimum atomic E-state index is -4.41. The predicted octanol–water partition coefficient (Wildman–Crippen LogP) is 2.86. The second-order valence-electron chi connectivity index (χ2n) is 5.42. The first-order valence-electron chi connectivity index (χ1n) is 7.42. The van der Waals surface area contributed by atoms with Gasteiger partial charge in [0.05, 0.1) is 5.56 Å². The highest BCUT2D eigenvalue weighted by Crippen LogP contribution is 2.38. The van der Waals surface area contributed by atoms with E-state index in [9.17, 15) is 18.0 Å². The molecule has 23 heavy (non-hydrogen) atoms. The Morgan fingerprint density at radius 1 is 1.22 bits per heavy atom. The zero-order valence-electron chi connectivity index (χ0n) is 12.6. The molecule has 1 fully saturated rings. The van der Waals surface area contributed by atoms with Crippen molar-refractivity contribution in [1.29, 1.82) is 0 Å². The number of piperazine rings is 1. The minimum Gasteiger partial charge on any atom is -0.367 e. The van der Waals surface area contributed by atoms with Gasteiger partial charge >= 0.3 is 6.18 Å². The fourth-order valence-corrected chi connectivity index (χ4v) is 2.98. The molecule has 0 atom stereocenters. The van der Waals surface area contributed by atoms with Gasteiger partial charge in [-0.25, -0.2) is 0 Å². The second kappa shape index (κ2) is 7.53. The van der Waals surface area contributed by atoms with Gasteiger partial charge in [-0.05, 0) is 31.2 Å². The second-order valence-corrected chi connectivity index (χ2v) is 6.33. The van der Waals surface area contributed by atoms with E-state index < -0.39 is 11.7 Å². The summed E-state index contributed by atoms with van der Waals surface area (Å²) in [6.07, 6.45) is -3.39. The number of halogens is 4. The highest BCUT2D eigenvalue weighted by Gasteiger charge is 2.36. The molecule has 0 unspecified atom stereocenters. The molecule has 0 aliphatic carbocycles. The topological polar surface area (TPSA) is 49.6 Å². The standard InChI is InChI=1S/C15H19BrF3N3O/c16-11-3-4-13(12(10-11)15(17,18)19)21-6-8-22(9-7-21)14(23)2-1-5-20/h3-4,10H,1-2,5-9,20H2. The maximum Gasteiger partial charge on any atom is 0.418 e. The summed E-state index contributed by atoms with van der Waals surface area (Å²) in [7, 11) is 0. The maximum atomic E-state index is 13.2. The largest absolute Gasteiger partial charge is 0.418 e. The van der Waals surface area contributed by atoms with E-state index in [0.717, 1.165) is 6.07 Å². The number of nitrogens with zero attached hydrogens (tertiary/aromatic N) is 2. The van der Waals surface area contributed by atoms with Gasteiger partial charge in [-0.15, -0.1) is 0 Å². The summed E-state index contributed by atoms with van der Waals surface area (Å²) in [4.78, 5) is 15.3. The van der Waals surface area contributed by atoms with E-state index in [2.05, 4.69) is 15.9 Å². The van der Waals surface area contributed by atoms with Gasteiger partial charge in [0, 0.05) is 42.8 Å². The number of rotatable bonds is 4. The molecule has 0 saturated carbocycles. The van der Waals surface area contributed by atoms with Crippen molar-refractivity contribution >= 4 is 27.5 Å². The lowest BCUT2D eigenvalue weighted by atomic mass is 10.1. The third-order valence-electron chi connectivity index (χ3n) is 3.83. The van der Waals surface area contributed by atoms with Crippen LogP contribution in [0.1, 0.15) is 18.4 Å². The molecule has 0 bridgehead atoms. The van der Waals surface area contributed by atoms with Gasteiger partial charge < -0.3 is 15.5 Å². The van der Waals surface area contributed by atoms with Gasteiger partial charge in [-0.2, -0.15) is 13.2 Å². The minimum absolute atomic E-state index is 0.0157. The van der Waals surface area contributed by atoms with Crippen LogP contribution in [-0.4, -0.2) is 43.5 Å². The summed E-state index contributed by atoms with van der Waals surface area (Å²) in [5.41, 5.74) is 4.89. The highest BCUT2D eigenvalue weighted by atomic mass is 79.9. The lowest BCUT2D eigenvalue weighted by molar-refractivity contribution is -0.137. The normalized spacial score (nSPS) is 15.9. The van der Waals surface area contributed by atoms with Crippen LogP contribution < -0.4 is 10.6 Å². The summed E-state index contributed by atoms with van der Waals surface area (Å²) in [6.45, 7) is 2.09. The molecule has 0 aromatic heterocycles. The Balaban J connectivity index is 2.07. The van der Waals surface area contributed by atoms with Crippen LogP contribution >= 0.6 is 15.9 Å². The average Bonchev–Trinajstić information content (AvgIpc) is 2.52. The smallest absolute Gasteiger partial charge is 0.367 e. The van der Waals surface area contributed by atoms with E-state index in [0.29, 0.717) is 50.0 Å². The molecule has 128 valence electrons. The van der Waals surface area contributed by atoms with Crippen LogP contribution in [0.3, 0.4) is 0 Å². The van der Waals surface area contributed by atoms with Crippen molar-refractivity contribution in [1.82, 2.24) is 4.90 Å². The molecule has 1 aliphatic rings. The first-order chi connectivity index (χ1) is 10.8. The molecule has 2 N–H and O–H groups in total. The van der Waals surface area contributed by atoms with Crippen molar-refractivity contribution in [2.75, 3.05) is 37.6 Å². The number of hydrogen-bond donors (Lipinski definition) is 1. The van der Waals surface area contributed by atoms with E-state index in [1.54, 1.807) is 15.9 Å². The number of carbonyl (C=O) groups is 1. The van der Waals surface area contributed by atoms with Crippen LogP contribution in [0.5, 0.6) is 0 Å². The molecule has 4 nitrogen and oxygen atoms in total. The molecule has 0 radical (unpaired) electrons. The van der Waals surface area contributed by atoms with Gasteiger partial charge in [0.25, 0.3) is 0 Å². The SMILES string of the molecule is NCCCC(=O)N1CCN(c2ccc(Br)cc2C(F)(F)F)CC1. The van der Waals surface area contributed by atoms with E-state index in [1.165, 1.54) is 6.07 Å². The number of amides is 1. The maximum absolute atomic E-state index is 13.2. The summed E-state index contributed by atoms with van der Waals surface area (Å²) in [5, 5.41) is 0. The summed E-state index contributed by atoms with van der Waals surface area (Å²) < 4.78 is 40.0. The van der Waals surface area contributed by atoms with Crippen LogP contribution in [0.15, 0.2) is 22.7 Å². The number of anilines is 1. The van der Waals surface area contributed by atoms with Crippen LogP contribution in [0.25, 0.3) is 0 Å². The lowest BCUT2D eigenvalue weighted by Crippen LogP contribution is -2.49. The monoisotopic (exact) mass is 393 g/mol. The van der Waals surface area contributed by atoms with Gasteiger partial charge in [0.2, 0.25) is 5.91 Å². The molecule has 1 aromatic carbocycles. The third-order valence-corrected chi connectivity index (χ3v) is 4.33. The van der Waals surface area contributed by atoms with E-state index in [4.69, 9.17) is 5.73 Å². The zero-order chi connectivity index (χ0) is 17.0. The molecular weight excluding hydrogens is 375 g/mol. The van der Waals surface area contributed by atoms with Crippen molar-refractivity contribution in [3.63, 3.8) is 0 Å². The quantitative estimate of drug-likeness (QED) is 0.855. The van der Waals surface area contributed by atoms with Gasteiger partial charge in [-0.3, -0.25) is 4.79 Å². The van der Waals surface area contributed by atoms with Crippen molar-refractivity contribution in [2.45, 2.75) is 19.0 Å². The third kappa shape index (κ3) is 4.60. The van der Waals surface area contributed by atoms with E-state index in [1.807, 2.05) is 0 Å². The molecule has 1 saturated heterocycles. The first kappa shape index (κ1) is 18.1. The predicted molar refractivity (Wildman–Crippen MR) is 86.2 cm³/mol. The highest BCUT2D eigenvalue weighted by molar-refractivity contribution is 9.10. The fraction of sp³-hybridized carbons (Fsp3) is 0.533. The summed E-state index contributed by atoms with van der Waals surface area (Å²) in [6, 6.07) is 4.16. The zero-order valence-corrected chi connectivity index (χ0v) is 14.2. The van der Waals surface area contributed by atoms with Gasteiger partial charge in [-0.1, -0.05) is 15.9 Å². The van der Waals surface area contributed by atoms with E-state index in [-0.39, 0.29) is 11.6 Å². The van der Waals surface area contributed by atoms with Crippen LogP contribution in [-0.2, 0) is 11.0 Å². The molecular formula is C15H19BrF3N3O. The van der Waals surface area contributed by atoms with Crippen LogP contribution in [0.4, 0.5) is 18.9 Å². The van der Waals surface area contributed by atoms with Crippen molar-refractivity contribution in [3.05, 3.63) is 28.2 Å². The Morgan fingerprint density at radius 3 is 2.43 bits per heavy atom. The number of carbonyl (C=O) groups excluding carboxylic acids is 1. The molecule has 8 heteroatoms. The Hall–Kier alpha value is -1.28. The van der Waals surface area contributed by atoms with Gasteiger partial charge in [0.1, 0.15) is 0 Å². The number of nitrogens with two attached hydrogens (primary N) is 1. The number of benzene rings is 1. The first-order valence-corrected chi connectivity index (χ1v) is 8.22. The Bertz CT molecular complexity index is 557. The van der Waals surface area contributed by atoms with Crippen molar-refractivity contribution in [2.24, 2.45) is 5.73 Å². The number of alkyl halides is 3. The average molecular weight is 394 g/mol. The summed E-state index contributed by atoms with van der Waals surface area (Å²) >= 11 is 3.08. The van der Waals surface area contributed by atoms with Crippen LogP contribution in [0.2, 0.25) is 0 Å². The van der Waals surface area contributed by atoms with Gasteiger partial charge in [0.15, 0.2) is 0 Å². The molecule has 1 heterocycles.